The average Bonchev–Trinajstić information content (AvgIpc) is 2.64. The minimum absolute atomic E-state index is 0.180. The van der Waals surface area contributed by atoms with Crippen LogP contribution in [0.2, 0.25) is 0 Å². The number of hydrogen-bond donors (Lipinski definition) is 1. The number of aromatic nitrogens is 2. The van der Waals surface area contributed by atoms with Crippen LogP contribution in [0.15, 0.2) is 4.63 Å². The fourth-order valence-electron chi connectivity index (χ4n) is 1.56. The zero-order valence-corrected chi connectivity index (χ0v) is 7.60. The fourth-order valence-corrected chi connectivity index (χ4v) is 1.56. The molecule has 0 amide bonds. The Morgan fingerprint density at radius 1 is 1.62 bits per heavy atom. The van der Waals surface area contributed by atoms with Gasteiger partial charge in [-0.3, -0.25) is 4.90 Å². The summed E-state index contributed by atoms with van der Waals surface area (Å²) in [6.07, 6.45) is 0.671. The third kappa shape index (κ3) is 1.87. The number of aliphatic hydroxyl groups is 1. The van der Waals surface area contributed by atoms with Crippen molar-refractivity contribution in [3.8, 4) is 0 Å². The largest absolute Gasteiger partial charge is 0.392 e. The van der Waals surface area contributed by atoms with Crippen LogP contribution in [-0.2, 0) is 6.54 Å². The van der Waals surface area contributed by atoms with Gasteiger partial charge >= 0.3 is 0 Å². The van der Waals surface area contributed by atoms with Crippen molar-refractivity contribution in [3.63, 3.8) is 0 Å². The van der Waals surface area contributed by atoms with Gasteiger partial charge in [0, 0.05) is 19.6 Å². The molecular formula is C8H13N3O2. The van der Waals surface area contributed by atoms with E-state index >= 15 is 0 Å². The number of β-amino-alcohol motifs (C(OH)–C–C–N with tert-alkyl or cyclic N) is 1. The van der Waals surface area contributed by atoms with Gasteiger partial charge in [0.25, 0.3) is 0 Å². The Labute approximate surface area is 76.3 Å². The maximum absolute atomic E-state index is 9.30. The molecule has 1 aromatic rings. The van der Waals surface area contributed by atoms with Crippen LogP contribution in [0, 0.1) is 6.92 Å². The summed E-state index contributed by atoms with van der Waals surface area (Å²) in [5.41, 5.74) is 1.70. The van der Waals surface area contributed by atoms with Crippen molar-refractivity contribution in [1.29, 1.82) is 0 Å². The maximum Gasteiger partial charge on any atom is 0.122 e. The van der Waals surface area contributed by atoms with Gasteiger partial charge < -0.3 is 5.11 Å². The Hall–Kier alpha value is -0.940. The van der Waals surface area contributed by atoms with Crippen molar-refractivity contribution >= 4 is 0 Å². The van der Waals surface area contributed by atoms with Crippen LogP contribution in [0.3, 0.4) is 0 Å². The van der Waals surface area contributed by atoms with Gasteiger partial charge in [-0.05, 0) is 13.3 Å². The summed E-state index contributed by atoms with van der Waals surface area (Å²) >= 11 is 0. The van der Waals surface area contributed by atoms with Crippen LogP contribution in [0.5, 0.6) is 0 Å². The molecule has 1 fully saturated rings. The molecule has 1 aromatic heterocycles. The van der Waals surface area contributed by atoms with Gasteiger partial charge in [0.15, 0.2) is 0 Å². The predicted molar refractivity (Wildman–Crippen MR) is 44.9 cm³/mol. The minimum Gasteiger partial charge on any atom is -0.392 e. The first-order chi connectivity index (χ1) is 6.25. The maximum atomic E-state index is 9.30. The molecule has 2 heterocycles. The molecule has 0 unspecified atom stereocenters. The predicted octanol–water partition coefficient (Wildman–Crippen LogP) is -0.0554. The molecule has 0 aliphatic carbocycles. The lowest BCUT2D eigenvalue weighted by molar-refractivity contribution is 0.173. The van der Waals surface area contributed by atoms with Crippen molar-refractivity contribution in [2.75, 3.05) is 13.1 Å². The summed E-state index contributed by atoms with van der Waals surface area (Å²) in [6, 6.07) is 0. The Morgan fingerprint density at radius 3 is 3.00 bits per heavy atom. The molecule has 1 N–H and O–H groups in total. The van der Waals surface area contributed by atoms with E-state index in [1.807, 2.05) is 6.92 Å². The van der Waals surface area contributed by atoms with Crippen LogP contribution < -0.4 is 0 Å². The van der Waals surface area contributed by atoms with Crippen molar-refractivity contribution < 1.29 is 9.74 Å². The molecular weight excluding hydrogens is 170 g/mol. The van der Waals surface area contributed by atoms with Crippen LogP contribution in [0.25, 0.3) is 0 Å². The van der Waals surface area contributed by atoms with Gasteiger partial charge in [-0.15, -0.1) is 0 Å². The van der Waals surface area contributed by atoms with Crippen molar-refractivity contribution in [1.82, 2.24) is 15.2 Å². The molecule has 2 rings (SSSR count). The summed E-state index contributed by atoms with van der Waals surface area (Å²) in [5.74, 6) is 0. The quantitative estimate of drug-likeness (QED) is 0.696. The molecule has 0 radical (unpaired) electrons. The van der Waals surface area contributed by atoms with Gasteiger partial charge in [0.1, 0.15) is 11.4 Å². The lowest BCUT2D eigenvalue weighted by atomic mass is 10.3. The molecule has 1 saturated heterocycles. The summed E-state index contributed by atoms with van der Waals surface area (Å²) in [5, 5.41) is 16.8. The summed E-state index contributed by atoms with van der Waals surface area (Å²) in [7, 11) is 0. The van der Waals surface area contributed by atoms with Gasteiger partial charge in [0.05, 0.1) is 6.10 Å². The van der Waals surface area contributed by atoms with E-state index < -0.39 is 0 Å². The third-order valence-electron chi connectivity index (χ3n) is 2.37. The normalized spacial score (nSPS) is 24.0. The highest BCUT2D eigenvalue weighted by Gasteiger charge is 2.21. The summed E-state index contributed by atoms with van der Waals surface area (Å²) in [6.45, 7) is 4.25. The molecule has 0 saturated carbocycles. The third-order valence-corrected chi connectivity index (χ3v) is 2.37. The highest BCUT2D eigenvalue weighted by Crippen LogP contribution is 2.13. The van der Waals surface area contributed by atoms with E-state index in [2.05, 4.69) is 19.8 Å². The first-order valence-electron chi connectivity index (χ1n) is 4.44. The van der Waals surface area contributed by atoms with Crippen molar-refractivity contribution in [3.05, 3.63) is 11.4 Å². The molecule has 1 atom stereocenters. The second kappa shape index (κ2) is 3.43. The molecule has 13 heavy (non-hydrogen) atoms. The average molecular weight is 183 g/mol. The second-order valence-electron chi connectivity index (χ2n) is 3.47. The first-order valence-corrected chi connectivity index (χ1v) is 4.44. The van der Waals surface area contributed by atoms with E-state index in [0.29, 0.717) is 0 Å². The topological polar surface area (TPSA) is 62.4 Å². The van der Waals surface area contributed by atoms with Gasteiger partial charge in [0.2, 0.25) is 0 Å². The highest BCUT2D eigenvalue weighted by molar-refractivity contribution is 5.04. The number of aryl methyl sites for hydroxylation is 1. The molecule has 1 aliphatic rings. The van der Waals surface area contributed by atoms with Gasteiger partial charge in [-0.25, -0.2) is 4.63 Å². The van der Waals surface area contributed by atoms with Crippen molar-refractivity contribution in [2.45, 2.75) is 26.0 Å². The molecule has 0 bridgehead atoms. The highest BCUT2D eigenvalue weighted by atomic mass is 16.6. The number of likely N-dealkylation sites (tertiary alicyclic amines) is 1. The van der Waals surface area contributed by atoms with E-state index in [1.165, 1.54) is 0 Å². The van der Waals surface area contributed by atoms with Crippen LogP contribution in [-0.4, -0.2) is 39.5 Å². The van der Waals surface area contributed by atoms with E-state index in [9.17, 15) is 5.11 Å². The first kappa shape index (κ1) is 8.65. The van der Waals surface area contributed by atoms with Crippen LogP contribution in [0.4, 0.5) is 0 Å². The van der Waals surface area contributed by atoms with E-state index in [1.54, 1.807) is 0 Å². The van der Waals surface area contributed by atoms with Crippen molar-refractivity contribution in [2.24, 2.45) is 0 Å². The lowest BCUT2D eigenvalue weighted by Crippen LogP contribution is -2.22. The van der Waals surface area contributed by atoms with Crippen LogP contribution in [0.1, 0.15) is 17.8 Å². The standard InChI is InChI=1S/C8H13N3O2/c1-6-8(10-13-9-6)5-11-3-2-7(12)4-11/h7,12H,2-5H2,1H3/t7-/m1/s1. The van der Waals surface area contributed by atoms with E-state index in [-0.39, 0.29) is 6.10 Å². The number of nitrogens with zero attached hydrogens (tertiary/aromatic N) is 3. The Bertz CT molecular complexity index is 287. The van der Waals surface area contributed by atoms with E-state index in [0.717, 1.165) is 37.4 Å². The molecule has 1 aliphatic heterocycles. The number of hydrogen-bond acceptors (Lipinski definition) is 5. The SMILES string of the molecule is Cc1nonc1CN1CC[C@@H](O)C1. The fraction of sp³-hybridized carbons (Fsp3) is 0.750. The number of aliphatic hydroxyl groups excluding tert-OH is 1. The van der Waals surface area contributed by atoms with Crippen LogP contribution >= 0.6 is 0 Å². The minimum atomic E-state index is -0.180. The number of rotatable bonds is 2. The molecule has 5 nitrogen and oxygen atoms in total. The smallest absolute Gasteiger partial charge is 0.122 e. The Kier molecular flexibility index (Phi) is 2.28. The molecule has 5 heteroatoms. The van der Waals surface area contributed by atoms with Gasteiger partial charge in [-0.2, -0.15) is 0 Å². The zero-order chi connectivity index (χ0) is 9.26. The molecule has 72 valence electrons. The Morgan fingerprint density at radius 2 is 2.46 bits per heavy atom. The summed E-state index contributed by atoms with van der Waals surface area (Å²) < 4.78 is 4.59. The van der Waals surface area contributed by atoms with E-state index in [4.69, 9.17) is 0 Å². The second-order valence-corrected chi connectivity index (χ2v) is 3.47. The van der Waals surface area contributed by atoms with Gasteiger partial charge in [-0.1, -0.05) is 10.3 Å². The molecule has 0 spiro atoms. The Balaban J connectivity index is 1.95. The molecule has 0 aromatic carbocycles. The zero-order valence-electron chi connectivity index (χ0n) is 7.60. The lowest BCUT2D eigenvalue weighted by Gasteiger charge is -2.11. The summed E-state index contributed by atoms with van der Waals surface area (Å²) in [4.78, 5) is 2.15. The monoisotopic (exact) mass is 183 g/mol.